The monoisotopic (exact) mass is 468 g/mol. The summed E-state index contributed by atoms with van der Waals surface area (Å²) in [6, 6.07) is 11.5. The molecule has 28 heavy (non-hydrogen) atoms. The third-order valence-electron chi connectivity index (χ3n) is 3.81. The Kier molecular flexibility index (Phi) is 7.20. The lowest BCUT2D eigenvalue weighted by molar-refractivity contribution is -0.114. The molecule has 0 unspecified atom stereocenters. The minimum Gasteiger partial charge on any atom is -0.462 e. The summed E-state index contributed by atoms with van der Waals surface area (Å²) in [6.45, 7) is 3.31. The van der Waals surface area contributed by atoms with Gasteiger partial charge in [0.1, 0.15) is 6.54 Å². The summed E-state index contributed by atoms with van der Waals surface area (Å²) < 4.78 is 31.0. The zero-order valence-corrected chi connectivity index (χ0v) is 18.1. The third kappa shape index (κ3) is 5.80. The normalized spacial score (nSPS) is 11.0. The van der Waals surface area contributed by atoms with Gasteiger partial charge in [-0.3, -0.25) is 9.10 Å². The van der Waals surface area contributed by atoms with Gasteiger partial charge >= 0.3 is 5.97 Å². The van der Waals surface area contributed by atoms with E-state index in [4.69, 9.17) is 4.74 Å². The van der Waals surface area contributed by atoms with Gasteiger partial charge in [-0.1, -0.05) is 28.1 Å². The number of halogens is 1. The maximum atomic E-state index is 12.5. The number of hydrogen-bond donors (Lipinski definition) is 1. The molecule has 1 N–H and O–H groups in total. The van der Waals surface area contributed by atoms with Gasteiger partial charge in [-0.2, -0.15) is 0 Å². The Bertz CT molecular complexity index is 992. The first kappa shape index (κ1) is 21.9. The number of ether oxygens (including phenoxy) is 1. The van der Waals surface area contributed by atoms with Gasteiger partial charge in [0.15, 0.2) is 0 Å². The Morgan fingerprint density at radius 2 is 1.89 bits per heavy atom. The summed E-state index contributed by atoms with van der Waals surface area (Å²) in [7, 11) is -3.68. The van der Waals surface area contributed by atoms with E-state index < -0.39 is 28.4 Å². The number of sulfonamides is 1. The van der Waals surface area contributed by atoms with Gasteiger partial charge in [-0.25, -0.2) is 13.2 Å². The SMILES string of the molecule is CCOC(=O)c1ccc(C)c(NC(=O)CN(c2cccc(Br)c2)S(C)(=O)=O)c1. The van der Waals surface area contributed by atoms with Crippen molar-refractivity contribution in [3.8, 4) is 0 Å². The van der Waals surface area contributed by atoms with Gasteiger partial charge in [0, 0.05) is 10.2 Å². The minimum absolute atomic E-state index is 0.240. The van der Waals surface area contributed by atoms with E-state index in [0.717, 1.165) is 16.1 Å². The van der Waals surface area contributed by atoms with Gasteiger partial charge in [-0.05, 0) is 49.7 Å². The van der Waals surface area contributed by atoms with Crippen LogP contribution in [0, 0.1) is 6.92 Å². The molecule has 2 aromatic rings. The van der Waals surface area contributed by atoms with E-state index in [1.54, 1.807) is 50.2 Å². The van der Waals surface area contributed by atoms with Crippen LogP contribution in [0.2, 0.25) is 0 Å². The van der Waals surface area contributed by atoms with E-state index in [-0.39, 0.29) is 6.61 Å². The topological polar surface area (TPSA) is 92.8 Å². The molecule has 2 aromatic carbocycles. The molecule has 7 nitrogen and oxygen atoms in total. The summed E-state index contributed by atoms with van der Waals surface area (Å²) in [5.41, 5.74) is 1.81. The summed E-state index contributed by atoms with van der Waals surface area (Å²) in [5.74, 6) is -1.03. The molecule has 1 amide bonds. The van der Waals surface area contributed by atoms with Crippen LogP contribution < -0.4 is 9.62 Å². The van der Waals surface area contributed by atoms with Crippen LogP contribution >= 0.6 is 15.9 Å². The van der Waals surface area contributed by atoms with Crippen molar-refractivity contribution in [1.29, 1.82) is 0 Å². The van der Waals surface area contributed by atoms with Crippen LogP contribution in [0.1, 0.15) is 22.8 Å². The number of carbonyl (C=O) groups excluding carboxylic acids is 2. The van der Waals surface area contributed by atoms with Crippen molar-refractivity contribution in [3.63, 3.8) is 0 Å². The first-order chi connectivity index (χ1) is 13.1. The van der Waals surface area contributed by atoms with E-state index in [1.807, 2.05) is 0 Å². The van der Waals surface area contributed by atoms with Crippen molar-refractivity contribution in [3.05, 3.63) is 58.1 Å². The van der Waals surface area contributed by atoms with Gasteiger partial charge < -0.3 is 10.1 Å². The second-order valence-electron chi connectivity index (χ2n) is 6.05. The molecule has 0 bridgehead atoms. The predicted octanol–water partition coefficient (Wildman–Crippen LogP) is 3.34. The number of carbonyl (C=O) groups is 2. The number of rotatable bonds is 7. The molecule has 9 heteroatoms. The first-order valence-corrected chi connectivity index (χ1v) is 11.1. The highest BCUT2D eigenvalue weighted by atomic mass is 79.9. The summed E-state index contributed by atoms with van der Waals surface area (Å²) in [4.78, 5) is 24.4. The molecule has 150 valence electrons. The van der Waals surface area contributed by atoms with E-state index in [0.29, 0.717) is 21.4 Å². The van der Waals surface area contributed by atoms with E-state index in [2.05, 4.69) is 21.2 Å². The average Bonchev–Trinajstić information content (AvgIpc) is 2.60. The Labute approximate surface area is 172 Å². The predicted molar refractivity (Wildman–Crippen MR) is 112 cm³/mol. The van der Waals surface area contributed by atoms with E-state index in [9.17, 15) is 18.0 Å². The number of anilines is 2. The molecule has 0 aliphatic heterocycles. The van der Waals surface area contributed by atoms with Crippen molar-refractivity contribution >= 4 is 49.2 Å². The van der Waals surface area contributed by atoms with Gasteiger partial charge in [0.25, 0.3) is 0 Å². The Morgan fingerprint density at radius 3 is 2.50 bits per heavy atom. The van der Waals surface area contributed by atoms with Crippen molar-refractivity contribution in [2.75, 3.05) is 29.0 Å². The smallest absolute Gasteiger partial charge is 0.338 e. The molecule has 0 atom stereocenters. The van der Waals surface area contributed by atoms with E-state index >= 15 is 0 Å². The largest absolute Gasteiger partial charge is 0.462 e. The Morgan fingerprint density at radius 1 is 1.18 bits per heavy atom. The number of aryl methyl sites for hydroxylation is 1. The van der Waals surface area contributed by atoms with Crippen molar-refractivity contribution in [2.45, 2.75) is 13.8 Å². The van der Waals surface area contributed by atoms with Crippen LogP contribution in [0.3, 0.4) is 0 Å². The summed E-state index contributed by atoms with van der Waals surface area (Å²) in [5, 5.41) is 2.67. The van der Waals surface area contributed by atoms with Crippen LogP contribution in [-0.2, 0) is 19.6 Å². The molecule has 0 aliphatic carbocycles. The Balaban J connectivity index is 2.24. The molecule has 2 rings (SSSR count). The molecule has 0 aliphatic rings. The molecular formula is C19H21BrN2O5S. The van der Waals surface area contributed by atoms with Crippen LogP contribution in [-0.4, -0.2) is 39.7 Å². The lowest BCUT2D eigenvalue weighted by Crippen LogP contribution is -2.37. The standard InChI is InChI=1S/C19H21BrN2O5S/c1-4-27-19(24)14-9-8-13(2)17(10-14)21-18(23)12-22(28(3,25)26)16-7-5-6-15(20)11-16/h5-11H,4,12H2,1-3H3,(H,21,23). The fraction of sp³-hybridized carbons (Fsp3) is 0.263. The quantitative estimate of drug-likeness (QED) is 0.628. The minimum atomic E-state index is -3.68. The van der Waals surface area contributed by atoms with Crippen molar-refractivity contribution in [2.24, 2.45) is 0 Å². The fourth-order valence-corrected chi connectivity index (χ4v) is 3.68. The molecule has 0 aromatic heterocycles. The highest BCUT2D eigenvalue weighted by molar-refractivity contribution is 9.10. The van der Waals surface area contributed by atoms with E-state index in [1.165, 1.54) is 6.07 Å². The molecule has 0 spiro atoms. The van der Waals surface area contributed by atoms with Crippen molar-refractivity contribution < 1.29 is 22.7 Å². The van der Waals surface area contributed by atoms with Gasteiger partial charge in [0.05, 0.1) is 24.1 Å². The van der Waals surface area contributed by atoms with Gasteiger partial charge in [0.2, 0.25) is 15.9 Å². The molecule has 0 saturated carbocycles. The number of nitrogens with zero attached hydrogens (tertiary/aromatic N) is 1. The second-order valence-corrected chi connectivity index (χ2v) is 8.87. The molecule has 0 radical (unpaired) electrons. The number of hydrogen-bond acceptors (Lipinski definition) is 5. The highest BCUT2D eigenvalue weighted by Crippen LogP contribution is 2.23. The van der Waals surface area contributed by atoms with Gasteiger partial charge in [-0.15, -0.1) is 0 Å². The molecule has 0 fully saturated rings. The van der Waals surface area contributed by atoms with Crippen LogP contribution in [0.25, 0.3) is 0 Å². The van der Waals surface area contributed by atoms with Crippen LogP contribution in [0.4, 0.5) is 11.4 Å². The van der Waals surface area contributed by atoms with Crippen LogP contribution in [0.5, 0.6) is 0 Å². The second kappa shape index (κ2) is 9.20. The zero-order chi connectivity index (χ0) is 20.9. The van der Waals surface area contributed by atoms with Crippen molar-refractivity contribution in [1.82, 2.24) is 0 Å². The summed E-state index contributed by atoms with van der Waals surface area (Å²) in [6.07, 6.45) is 1.04. The lowest BCUT2D eigenvalue weighted by Gasteiger charge is -2.22. The maximum absolute atomic E-state index is 12.5. The highest BCUT2D eigenvalue weighted by Gasteiger charge is 2.21. The molecule has 0 saturated heterocycles. The first-order valence-electron chi connectivity index (χ1n) is 8.42. The van der Waals surface area contributed by atoms with Crippen LogP contribution in [0.15, 0.2) is 46.9 Å². The molecule has 0 heterocycles. The number of benzene rings is 2. The number of nitrogens with one attached hydrogen (secondary N) is 1. The third-order valence-corrected chi connectivity index (χ3v) is 5.44. The lowest BCUT2D eigenvalue weighted by atomic mass is 10.1. The number of esters is 1. The average molecular weight is 469 g/mol. The Hall–Kier alpha value is -2.39. The fourth-order valence-electron chi connectivity index (χ4n) is 2.45. The summed E-state index contributed by atoms with van der Waals surface area (Å²) >= 11 is 3.30. The zero-order valence-electron chi connectivity index (χ0n) is 15.7. The maximum Gasteiger partial charge on any atom is 0.338 e. The number of amides is 1. The molecular weight excluding hydrogens is 448 g/mol.